The molecule has 1 aliphatic heterocycles. The Balaban J connectivity index is 2.36. The molecule has 1 aromatic carbocycles. The molecule has 0 radical (unpaired) electrons. The van der Waals surface area contributed by atoms with Crippen molar-refractivity contribution in [3.05, 3.63) is 29.3 Å². The minimum Gasteiger partial charge on any atom is -0.395 e. The van der Waals surface area contributed by atoms with Crippen molar-refractivity contribution < 1.29 is 13.5 Å². The van der Waals surface area contributed by atoms with Crippen LogP contribution in [-0.2, 0) is 10.0 Å². The van der Waals surface area contributed by atoms with Crippen molar-refractivity contribution in [2.24, 2.45) is 0 Å². The number of hydrogen-bond acceptors (Lipinski definition) is 3. The third kappa shape index (κ3) is 2.47. The van der Waals surface area contributed by atoms with Crippen molar-refractivity contribution in [1.29, 1.82) is 0 Å². The molecule has 4 nitrogen and oxygen atoms in total. The maximum atomic E-state index is 12.3. The smallest absolute Gasteiger partial charge is 0.243 e. The zero-order chi connectivity index (χ0) is 12.5. The predicted molar refractivity (Wildman–Crippen MR) is 65.5 cm³/mol. The highest BCUT2D eigenvalue weighted by molar-refractivity contribution is 7.89. The molecule has 0 aromatic heterocycles. The number of sulfonamides is 1. The normalized spacial score (nSPS) is 21.9. The van der Waals surface area contributed by atoms with Gasteiger partial charge >= 0.3 is 0 Å². The van der Waals surface area contributed by atoms with Crippen LogP contribution in [-0.4, -0.2) is 37.0 Å². The van der Waals surface area contributed by atoms with E-state index in [0.717, 1.165) is 6.42 Å². The average Bonchev–Trinajstić information content (AvgIpc) is 2.77. The van der Waals surface area contributed by atoms with Crippen LogP contribution in [0.2, 0.25) is 5.02 Å². The second kappa shape index (κ2) is 4.94. The topological polar surface area (TPSA) is 57.6 Å². The van der Waals surface area contributed by atoms with Crippen LogP contribution in [0, 0.1) is 0 Å². The fourth-order valence-electron chi connectivity index (χ4n) is 2.07. The van der Waals surface area contributed by atoms with Crippen LogP contribution >= 0.6 is 11.6 Å². The number of benzene rings is 1. The predicted octanol–water partition coefficient (Wildman–Crippen LogP) is 1.49. The lowest BCUT2D eigenvalue weighted by Gasteiger charge is -2.22. The maximum absolute atomic E-state index is 12.3. The van der Waals surface area contributed by atoms with Gasteiger partial charge in [-0.3, -0.25) is 0 Å². The van der Waals surface area contributed by atoms with Gasteiger partial charge in [-0.2, -0.15) is 4.31 Å². The number of aliphatic hydroxyl groups is 1. The van der Waals surface area contributed by atoms with Crippen LogP contribution in [0.4, 0.5) is 0 Å². The van der Waals surface area contributed by atoms with Gasteiger partial charge < -0.3 is 5.11 Å². The summed E-state index contributed by atoms with van der Waals surface area (Å²) < 4.78 is 26.0. The van der Waals surface area contributed by atoms with Crippen molar-refractivity contribution in [2.45, 2.75) is 23.8 Å². The number of nitrogens with zero attached hydrogens (tertiary/aromatic N) is 1. The van der Waals surface area contributed by atoms with Crippen molar-refractivity contribution >= 4 is 21.6 Å². The van der Waals surface area contributed by atoms with E-state index in [-0.39, 0.29) is 17.5 Å². The Morgan fingerprint density at radius 3 is 2.88 bits per heavy atom. The molecule has 94 valence electrons. The Labute approximate surface area is 106 Å². The van der Waals surface area contributed by atoms with E-state index in [1.54, 1.807) is 12.1 Å². The fraction of sp³-hybridized carbons (Fsp3) is 0.455. The molecule has 1 saturated heterocycles. The maximum Gasteiger partial charge on any atom is 0.243 e. The molecule has 1 atom stereocenters. The van der Waals surface area contributed by atoms with E-state index in [2.05, 4.69) is 0 Å². The van der Waals surface area contributed by atoms with Gasteiger partial charge in [0.05, 0.1) is 11.5 Å². The summed E-state index contributed by atoms with van der Waals surface area (Å²) in [6, 6.07) is 5.89. The van der Waals surface area contributed by atoms with E-state index in [0.29, 0.717) is 18.0 Å². The minimum atomic E-state index is -3.53. The number of aliphatic hydroxyl groups excluding tert-OH is 1. The first-order chi connectivity index (χ1) is 8.05. The molecule has 0 saturated carbocycles. The van der Waals surface area contributed by atoms with Gasteiger partial charge in [-0.05, 0) is 31.0 Å². The van der Waals surface area contributed by atoms with E-state index >= 15 is 0 Å². The summed E-state index contributed by atoms with van der Waals surface area (Å²) in [6.45, 7) is 0.319. The van der Waals surface area contributed by atoms with Crippen molar-refractivity contribution in [1.82, 2.24) is 4.31 Å². The molecule has 0 spiro atoms. The van der Waals surface area contributed by atoms with Crippen molar-refractivity contribution in [3.63, 3.8) is 0 Å². The average molecular weight is 276 g/mol. The Kier molecular flexibility index (Phi) is 3.73. The molecular formula is C11H14ClNO3S. The Bertz CT molecular complexity index is 503. The van der Waals surface area contributed by atoms with Gasteiger partial charge in [-0.15, -0.1) is 0 Å². The van der Waals surface area contributed by atoms with Crippen molar-refractivity contribution in [2.75, 3.05) is 13.2 Å². The zero-order valence-corrected chi connectivity index (χ0v) is 10.8. The summed E-state index contributed by atoms with van der Waals surface area (Å²) in [4.78, 5) is 0.186. The summed E-state index contributed by atoms with van der Waals surface area (Å²) >= 11 is 5.80. The summed E-state index contributed by atoms with van der Waals surface area (Å²) in [5.74, 6) is 0. The molecule has 6 heteroatoms. The Morgan fingerprint density at radius 2 is 2.24 bits per heavy atom. The van der Waals surface area contributed by atoms with Crippen LogP contribution < -0.4 is 0 Å². The molecule has 17 heavy (non-hydrogen) atoms. The van der Waals surface area contributed by atoms with E-state index in [1.165, 1.54) is 16.4 Å². The molecule has 1 aliphatic rings. The molecule has 2 rings (SSSR count). The first-order valence-electron chi connectivity index (χ1n) is 5.44. The van der Waals surface area contributed by atoms with Gasteiger partial charge in [0, 0.05) is 17.6 Å². The van der Waals surface area contributed by atoms with Gasteiger partial charge in [0.15, 0.2) is 0 Å². The van der Waals surface area contributed by atoms with Crippen LogP contribution in [0.3, 0.4) is 0 Å². The highest BCUT2D eigenvalue weighted by Crippen LogP contribution is 2.26. The Morgan fingerprint density at radius 1 is 1.47 bits per heavy atom. The summed E-state index contributed by atoms with van der Waals surface area (Å²) in [7, 11) is -3.53. The lowest BCUT2D eigenvalue weighted by Crippen LogP contribution is -2.37. The third-order valence-electron chi connectivity index (χ3n) is 2.94. The summed E-state index contributed by atoms with van der Waals surface area (Å²) in [6.07, 6.45) is 1.49. The Hall–Kier alpha value is -0.620. The molecular weight excluding hydrogens is 262 g/mol. The molecule has 1 aromatic rings. The van der Waals surface area contributed by atoms with Gasteiger partial charge in [0.2, 0.25) is 10.0 Å². The molecule has 0 bridgehead atoms. The fourth-order valence-corrected chi connectivity index (χ4v) is 4.06. The number of halogens is 1. The number of rotatable bonds is 3. The second-order valence-corrected chi connectivity index (χ2v) is 6.38. The molecule has 0 unspecified atom stereocenters. The van der Waals surface area contributed by atoms with Crippen LogP contribution in [0.25, 0.3) is 0 Å². The van der Waals surface area contributed by atoms with Crippen LogP contribution in [0.15, 0.2) is 29.2 Å². The zero-order valence-electron chi connectivity index (χ0n) is 9.21. The second-order valence-electron chi connectivity index (χ2n) is 4.05. The highest BCUT2D eigenvalue weighted by Gasteiger charge is 2.34. The largest absolute Gasteiger partial charge is 0.395 e. The van der Waals surface area contributed by atoms with E-state index in [1.807, 2.05) is 0 Å². The standard InChI is InChI=1S/C11H14ClNO3S/c12-9-3-1-5-11(7-9)17(15,16)13-6-2-4-10(13)8-14/h1,3,5,7,10,14H,2,4,6,8H2/t10-/m1/s1. The quantitative estimate of drug-likeness (QED) is 0.909. The molecule has 0 amide bonds. The van der Waals surface area contributed by atoms with Crippen LogP contribution in [0.1, 0.15) is 12.8 Å². The van der Waals surface area contributed by atoms with E-state index < -0.39 is 10.0 Å². The minimum absolute atomic E-state index is 0.139. The summed E-state index contributed by atoms with van der Waals surface area (Å²) in [5.41, 5.74) is 0. The van der Waals surface area contributed by atoms with Gasteiger partial charge in [0.25, 0.3) is 0 Å². The summed E-state index contributed by atoms with van der Waals surface area (Å²) in [5, 5.41) is 9.56. The monoisotopic (exact) mass is 275 g/mol. The third-order valence-corrected chi connectivity index (χ3v) is 5.12. The van der Waals surface area contributed by atoms with E-state index in [9.17, 15) is 8.42 Å². The lowest BCUT2D eigenvalue weighted by atomic mass is 10.2. The van der Waals surface area contributed by atoms with Gasteiger partial charge in [-0.1, -0.05) is 17.7 Å². The van der Waals surface area contributed by atoms with Crippen LogP contribution in [0.5, 0.6) is 0 Å². The first kappa shape index (κ1) is 12.8. The first-order valence-corrected chi connectivity index (χ1v) is 7.26. The molecule has 1 heterocycles. The highest BCUT2D eigenvalue weighted by atomic mass is 35.5. The number of hydrogen-bond donors (Lipinski definition) is 1. The SMILES string of the molecule is O=S(=O)(c1cccc(Cl)c1)N1CCC[C@@H]1CO. The molecule has 0 aliphatic carbocycles. The van der Waals surface area contributed by atoms with Gasteiger partial charge in [-0.25, -0.2) is 8.42 Å². The van der Waals surface area contributed by atoms with Crippen molar-refractivity contribution in [3.8, 4) is 0 Å². The molecule has 1 N–H and O–H groups in total. The molecule has 1 fully saturated rings. The van der Waals surface area contributed by atoms with E-state index in [4.69, 9.17) is 16.7 Å². The van der Waals surface area contributed by atoms with Gasteiger partial charge in [0.1, 0.15) is 0 Å². The lowest BCUT2D eigenvalue weighted by molar-refractivity contribution is 0.213.